The highest BCUT2D eigenvalue weighted by Gasteiger charge is 2.02. The third kappa shape index (κ3) is 3.96. The Hall–Kier alpha value is -1.56. The first-order chi connectivity index (χ1) is 9.19. The van der Waals surface area contributed by atoms with Crippen molar-refractivity contribution in [2.75, 3.05) is 0 Å². The molecule has 0 fully saturated rings. The van der Waals surface area contributed by atoms with Gasteiger partial charge in [0.1, 0.15) is 0 Å². The van der Waals surface area contributed by atoms with Crippen molar-refractivity contribution in [3.63, 3.8) is 0 Å². The van der Waals surface area contributed by atoms with Gasteiger partial charge in [-0.15, -0.1) is 0 Å². The van der Waals surface area contributed by atoms with Crippen LogP contribution in [0.5, 0.6) is 0 Å². The average Bonchev–Trinajstić information content (AvgIpc) is 2.42. The Labute approximate surface area is 117 Å². The van der Waals surface area contributed by atoms with Crippen LogP contribution in [0.4, 0.5) is 0 Å². The lowest BCUT2D eigenvalue weighted by Crippen LogP contribution is -1.89. The summed E-state index contributed by atoms with van der Waals surface area (Å²) in [5.74, 6) is 0.607. The van der Waals surface area contributed by atoms with E-state index in [9.17, 15) is 0 Å². The van der Waals surface area contributed by atoms with Crippen LogP contribution in [0, 0.1) is 0 Å². The van der Waals surface area contributed by atoms with E-state index in [1.807, 2.05) is 0 Å². The summed E-state index contributed by atoms with van der Waals surface area (Å²) >= 11 is 0. The van der Waals surface area contributed by atoms with Crippen molar-refractivity contribution >= 4 is 6.08 Å². The van der Waals surface area contributed by atoms with Gasteiger partial charge in [0.05, 0.1) is 0 Å². The van der Waals surface area contributed by atoms with Crippen molar-refractivity contribution in [1.29, 1.82) is 0 Å². The molecule has 0 saturated carbocycles. The molecule has 2 rings (SSSR count). The lowest BCUT2D eigenvalue weighted by atomic mass is 9.96. The SMILES string of the molecule is CCCC1=CCC(=Cc2ccc(C(C)C)cc2)C=C1. The fourth-order valence-electron chi connectivity index (χ4n) is 2.37. The smallest absolute Gasteiger partial charge is 0.00914 e. The van der Waals surface area contributed by atoms with Gasteiger partial charge in [0.15, 0.2) is 0 Å². The molecule has 0 radical (unpaired) electrons. The van der Waals surface area contributed by atoms with Crippen molar-refractivity contribution in [3.05, 3.63) is 64.8 Å². The maximum absolute atomic E-state index is 2.36. The molecule has 0 saturated heterocycles. The summed E-state index contributed by atoms with van der Waals surface area (Å²) in [4.78, 5) is 0. The van der Waals surface area contributed by atoms with Crippen LogP contribution in [0.1, 0.15) is 57.1 Å². The summed E-state index contributed by atoms with van der Waals surface area (Å²) in [7, 11) is 0. The molecule has 0 atom stereocenters. The van der Waals surface area contributed by atoms with Gasteiger partial charge in [-0.3, -0.25) is 0 Å². The lowest BCUT2D eigenvalue weighted by Gasteiger charge is -2.09. The second-order valence-electron chi connectivity index (χ2n) is 5.61. The maximum Gasteiger partial charge on any atom is -0.00914 e. The van der Waals surface area contributed by atoms with E-state index < -0.39 is 0 Å². The minimum absolute atomic E-state index is 0.607. The first kappa shape index (κ1) is 13.9. The number of allylic oxidation sites excluding steroid dienone is 5. The quantitative estimate of drug-likeness (QED) is 0.627. The zero-order valence-electron chi connectivity index (χ0n) is 12.3. The monoisotopic (exact) mass is 252 g/mol. The van der Waals surface area contributed by atoms with Gasteiger partial charge in [-0.2, -0.15) is 0 Å². The Bertz CT molecular complexity index is 495. The van der Waals surface area contributed by atoms with Gasteiger partial charge in [0, 0.05) is 0 Å². The van der Waals surface area contributed by atoms with Gasteiger partial charge in [-0.25, -0.2) is 0 Å². The fourth-order valence-corrected chi connectivity index (χ4v) is 2.37. The molecule has 0 unspecified atom stereocenters. The van der Waals surface area contributed by atoms with Crippen LogP contribution >= 0.6 is 0 Å². The van der Waals surface area contributed by atoms with E-state index in [0.717, 1.165) is 6.42 Å². The van der Waals surface area contributed by atoms with Gasteiger partial charge in [0.25, 0.3) is 0 Å². The summed E-state index contributed by atoms with van der Waals surface area (Å²) in [6, 6.07) is 8.92. The molecule has 1 aromatic carbocycles. The van der Waals surface area contributed by atoms with E-state index in [0.29, 0.717) is 5.92 Å². The molecule has 1 aliphatic rings. The molecule has 0 aromatic heterocycles. The molecule has 0 heteroatoms. The van der Waals surface area contributed by atoms with Crippen molar-refractivity contribution in [1.82, 2.24) is 0 Å². The highest BCUT2D eigenvalue weighted by atomic mass is 14.1. The standard InChI is InChI=1S/C19H24/c1-4-5-16-6-8-17(9-7-16)14-18-10-12-19(13-11-18)15(2)3/h6-8,10-15H,4-5,9H2,1-3H3. The number of hydrogen-bond donors (Lipinski definition) is 0. The molecule has 0 nitrogen and oxygen atoms in total. The van der Waals surface area contributed by atoms with E-state index in [4.69, 9.17) is 0 Å². The van der Waals surface area contributed by atoms with Crippen molar-refractivity contribution in [2.45, 2.75) is 46.0 Å². The van der Waals surface area contributed by atoms with Crippen LogP contribution in [-0.4, -0.2) is 0 Å². The van der Waals surface area contributed by atoms with Crippen LogP contribution in [-0.2, 0) is 0 Å². The number of hydrogen-bond acceptors (Lipinski definition) is 0. The Morgan fingerprint density at radius 1 is 1.11 bits per heavy atom. The molecular weight excluding hydrogens is 228 g/mol. The third-order valence-corrected chi connectivity index (χ3v) is 3.61. The van der Waals surface area contributed by atoms with E-state index in [1.165, 1.54) is 35.1 Å². The van der Waals surface area contributed by atoms with Crippen LogP contribution in [0.2, 0.25) is 0 Å². The van der Waals surface area contributed by atoms with E-state index >= 15 is 0 Å². The van der Waals surface area contributed by atoms with Crippen LogP contribution in [0.15, 0.2) is 53.6 Å². The highest BCUT2D eigenvalue weighted by Crippen LogP contribution is 2.22. The van der Waals surface area contributed by atoms with Gasteiger partial charge in [-0.1, -0.05) is 81.3 Å². The molecule has 0 heterocycles. The number of rotatable bonds is 4. The van der Waals surface area contributed by atoms with Crippen molar-refractivity contribution in [3.8, 4) is 0 Å². The Balaban J connectivity index is 2.05. The minimum Gasteiger partial charge on any atom is -0.0769 e. The summed E-state index contributed by atoms with van der Waals surface area (Å²) in [6.07, 6.45) is 12.7. The summed E-state index contributed by atoms with van der Waals surface area (Å²) in [5.41, 5.74) is 5.59. The predicted molar refractivity (Wildman–Crippen MR) is 85.3 cm³/mol. The molecule has 0 aliphatic heterocycles. The van der Waals surface area contributed by atoms with Gasteiger partial charge < -0.3 is 0 Å². The normalized spacial score (nSPS) is 17.1. The molecule has 0 bridgehead atoms. The maximum atomic E-state index is 2.36. The second kappa shape index (κ2) is 6.56. The summed E-state index contributed by atoms with van der Waals surface area (Å²) < 4.78 is 0. The zero-order valence-corrected chi connectivity index (χ0v) is 12.3. The topological polar surface area (TPSA) is 0 Å². The Kier molecular flexibility index (Phi) is 4.79. The highest BCUT2D eigenvalue weighted by molar-refractivity contribution is 5.58. The molecule has 19 heavy (non-hydrogen) atoms. The van der Waals surface area contributed by atoms with E-state index in [2.05, 4.69) is 69.3 Å². The minimum atomic E-state index is 0.607. The molecule has 1 aromatic rings. The predicted octanol–water partition coefficient (Wildman–Crippen LogP) is 5.88. The first-order valence-corrected chi connectivity index (χ1v) is 7.36. The fraction of sp³-hybridized carbons (Fsp3) is 0.368. The van der Waals surface area contributed by atoms with Gasteiger partial charge in [-0.05, 0) is 35.5 Å². The summed E-state index contributed by atoms with van der Waals surface area (Å²) in [5, 5.41) is 0. The third-order valence-electron chi connectivity index (χ3n) is 3.61. The van der Waals surface area contributed by atoms with E-state index in [1.54, 1.807) is 0 Å². The van der Waals surface area contributed by atoms with Gasteiger partial charge in [0.2, 0.25) is 0 Å². The van der Waals surface area contributed by atoms with Crippen LogP contribution in [0.3, 0.4) is 0 Å². The van der Waals surface area contributed by atoms with Crippen molar-refractivity contribution < 1.29 is 0 Å². The largest absolute Gasteiger partial charge is 0.0769 e. The van der Waals surface area contributed by atoms with Gasteiger partial charge >= 0.3 is 0 Å². The van der Waals surface area contributed by atoms with Crippen molar-refractivity contribution in [2.24, 2.45) is 0 Å². The molecule has 0 amide bonds. The Morgan fingerprint density at radius 3 is 2.37 bits per heavy atom. The Morgan fingerprint density at radius 2 is 1.84 bits per heavy atom. The summed E-state index contributed by atoms with van der Waals surface area (Å²) in [6.45, 7) is 6.70. The molecule has 100 valence electrons. The molecule has 0 spiro atoms. The van der Waals surface area contributed by atoms with Crippen LogP contribution < -0.4 is 0 Å². The van der Waals surface area contributed by atoms with E-state index in [-0.39, 0.29) is 0 Å². The van der Waals surface area contributed by atoms with Crippen LogP contribution in [0.25, 0.3) is 6.08 Å². The molecular formula is C19H24. The lowest BCUT2D eigenvalue weighted by molar-refractivity contribution is 0.866. The zero-order chi connectivity index (χ0) is 13.7. The molecule has 1 aliphatic carbocycles. The second-order valence-corrected chi connectivity index (χ2v) is 5.61. The first-order valence-electron chi connectivity index (χ1n) is 7.36. The molecule has 0 N–H and O–H groups in total. The number of benzene rings is 1. The average molecular weight is 252 g/mol.